The van der Waals surface area contributed by atoms with Crippen molar-refractivity contribution in [2.75, 3.05) is 6.61 Å². The van der Waals surface area contributed by atoms with Crippen molar-refractivity contribution in [3.05, 3.63) is 27.3 Å². The Morgan fingerprint density at radius 1 is 1.60 bits per heavy atom. The third kappa shape index (κ3) is 3.45. The Morgan fingerprint density at radius 2 is 2.27 bits per heavy atom. The van der Waals surface area contributed by atoms with Crippen molar-refractivity contribution in [3.63, 3.8) is 0 Å². The highest BCUT2D eigenvalue weighted by atomic mass is 127. The lowest BCUT2D eigenvalue weighted by atomic mass is 10.1. The number of ketones is 1. The van der Waals surface area contributed by atoms with Crippen LogP contribution in [0.25, 0.3) is 0 Å². The Morgan fingerprint density at radius 3 is 2.80 bits per heavy atom. The van der Waals surface area contributed by atoms with Crippen LogP contribution >= 0.6 is 38.5 Å². The number of carbonyl (C=O) groups is 1. The number of alkyl halides is 1. The van der Waals surface area contributed by atoms with Gasteiger partial charge in [-0.1, -0.05) is 15.9 Å². The van der Waals surface area contributed by atoms with Crippen LogP contribution in [0.3, 0.4) is 0 Å². The van der Waals surface area contributed by atoms with E-state index in [1.807, 2.05) is 25.1 Å². The SMILES string of the molecule is CCOc1ccc(I)cc1C(Br)C(C)=O. The third-order valence-electron chi connectivity index (χ3n) is 1.90. The molecule has 0 fully saturated rings. The number of carbonyl (C=O) groups excluding carboxylic acids is 1. The molecule has 0 radical (unpaired) electrons. The van der Waals surface area contributed by atoms with Gasteiger partial charge in [-0.05, 0) is 54.6 Å². The predicted molar refractivity (Wildman–Crippen MR) is 72.7 cm³/mol. The zero-order valence-corrected chi connectivity index (χ0v) is 12.3. The van der Waals surface area contributed by atoms with E-state index in [2.05, 4.69) is 38.5 Å². The summed E-state index contributed by atoms with van der Waals surface area (Å²) in [6.07, 6.45) is 0. The normalized spacial score (nSPS) is 12.3. The maximum atomic E-state index is 11.3. The Hall–Kier alpha value is -0.100. The Labute approximate surface area is 112 Å². The number of benzene rings is 1. The summed E-state index contributed by atoms with van der Waals surface area (Å²) in [6, 6.07) is 5.83. The first-order valence-electron chi connectivity index (χ1n) is 4.63. The second-order valence-corrected chi connectivity index (χ2v) is 5.25. The zero-order valence-electron chi connectivity index (χ0n) is 8.59. The summed E-state index contributed by atoms with van der Waals surface area (Å²) in [6.45, 7) is 4.10. The van der Waals surface area contributed by atoms with Gasteiger partial charge in [0.2, 0.25) is 0 Å². The quantitative estimate of drug-likeness (QED) is 0.586. The molecule has 0 saturated heterocycles. The van der Waals surface area contributed by atoms with Crippen LogP contribution in [0.4, 0.5) is 0 Å². The smallest absolute Gasteiger partial charge is 0.147 e. The van der Waals surface area contributed by atoms with E-state index in [-0.39, 0.29) is 10.6 Å². The van der Waals surface area contributed by atoms with E-state index < -0.39 is 0 Å². The lowest BCUT2D eigenvalue weighted by Gasteiger charge is -2.13. The summed E-state index contributed by atoms with van der Waals surface area (Å²) >= 11 is 5.59. The highest BCUT2D eigenvalue weighted by molar-refractivity contribution is 14.1. The van der Waals surface area contributed by atoms with E-state index in [1.165, 1.54) is 0 Å². The summed E-state index contributed by atoms with van der Waals surface area (Å²) in [4.78, 5) is 11.0. The van der Waals surface area contributed by atoms with Crippen LogP contribution < -0.4 is 4.74 Å². The molecule has 0 saturated carbocycles. The van der Waals surface area contributed by atoms with Gasteiger partial charge in [-0.2, -0.15) is 0 Å². The zero-order chi connectivity index (χ0) is 11.4. The average Bonchev–Trinajstić information content (AvgIpc) is 2.20. The second-order valence-electron chi connectivity index (χ2n) is 3.09. The molecule has 82 valence electrons. The minimum Gasteiger partial charge on any atom is -0.494 e. The topological polar surface area (TPSA) is 26.3 Å². The number of Topliss-reactive ketones (excluding diaryl/α,β-unsaturated/α-hetero) is 1. The molecule has 2 nitrogen and oxygen atoms in total. The fourth-order valence-corrected chi connectivity index (χ4v) is 2.10. The van der Waals surface area contributed by atoms with Gasteiger partial charge in [0.05, 0.1) is 6.61 Å². The van der Waals surface area contributed by atoms with Gasteiger partial charge in [-0.15, -0.1) is 0 Å². The molecule has 0 amide bonds. The number of ether oxygens (including phenoxy) is 1. The molecular formula is C11H12BrIO2. The van der Waals surface area contributed by atoms with Gasteiger partial charge in [-0.3, -0.25) is 4.79 Å². The van der Waals surface area contributed by atoms with Crippen LogP contribution in [0.1, 0.15) is 24.2 Å². The Balaban J connectivity index is 3.11. The maximum absolute atomic E-state index is 11.3. The van der Waals surface area contributed by atoms with Crippen LogP contribution in [-0.4, -0.2) is 12.4 Å². The van der Waals surface area contributed by atoms with E-state index in [9.17, 15) is 4.79 Å². The highest BCUT2D eigenvalue weighted by Gasteiger charge is 2.17. The standard InChI is InChI=1S/C11H12BrIO2/c1-3-15-10-5-4-8(13)6-9(10)11(12)7(2)14/h4-6,11H,3H2,1-2H3. The molecule has 4 heteroatoms. The van der Waals surface area contributed by atoms with Crippen LogP contribution in [0.15, 0.2) is 18.2 Å². The monoisotopic (exact) mass is 382 g/mol. The number of hydrogen-bond donors (Lipinski definition) is 0. The molecule has 1 atom stereocenters. The first-order valence-corrected chi connectivity index (χ1v) is 6.62. The van der Waals surface area contributed by atoms with Gasteiger partial charge >= 0.3 is 0 Å². The maximum Gasteiger partial charge on any atom is 0.147 e. The van der Waals surface area contributed by atoms with Crippen molar-refractivity contribution in [2.45, 2.75) is 18.7 Å². The van der Waals surface area contributed by atoms with Gasteiger partial charge in [0.15, 0.2) is 0 Å². The minimum absolute atomic E-state index is 0.0814. The molecule has 0 aliphatic heterocycles. The van der Waals surface area contributed by atoms with Crippen molar-refractivity contribution >= 4 is 44.3 Å². The van der Waals surface area contributed by atoms with Crippen molar-refractivity contribution < 1.29 is 9.53 Å². The number of hydrogen-bond acceptors (Lipinski definition) is 2. The fourth-order valence-electron chi connectivity index (χ4n) is 1.22. The molecule has 0 N–H and O–H groups in total. The van der Waals surface area contributed by atoms with Crippen LogP contribution in [-0.2, 0) is 4.79 Å². The van der Waals surface area contributed by atoms with Crippen molar-refractivity contribution in [3.8, 4) is 5.75 Å². The van der Waals surface area contributed by atoms with Crippen molar-refractivity contribution in [2.24, 2.45) is 0 Å². The number of halogens is 2. The number of rotatable bonds is 4. The van der Waals surface area contributed by atoms with E-state index in [0.29, 0.717) is 6.61 Å². The molecular weight excluding hydrogens is 371 g/mol. The van der Waals surface area contributed by atoms with Gasteiger partial charge in [-0.25, -0.2) is 0 Å². The molecule has 1 unspecified atom stereocenters. The molecule has 1 aromatic rings. The van der Waals surface area contributed by atoms with Crippen LogP contribution in [0, 0.1) is 3.57 Å². The average molecular weight is 383 g/mol. The fraction of sp³-hybridized carbons (Fsp3) is 0.364. The molecule has 1 aromatic carbocycles. The highest BCUT2D eigenvalue weighted by Crippen LogP contribution is 2.33. The summed E-state index contributed by atoms with van der Waals surface area (Å²) in [5.74, 6) is 0.855. The van der Waals surface area contributed by atoms with Gasteiger partial charge < -0.3 is 4.74 Å². The first-order chi connectivity index (χ1) is 7.06. The minimum atomic E-state index is -0.284. The molecule has 0 aliphatic carbocycles. The van der Waals surface area contributed by atoms with Crippen LogP contribution in [0.2, 0.25) is 0 Å². The largest absolute Gasteiger partial charge is 0.494 e. The molecule has 0 bridgehead atoms. The summed E-state index contributed by atoms with van der Waals surface area (Å²) in [5.41, 5.74) is 0.899. The molecule has 1 rings (SSSR count). The lowest BCUT2D eigenvalue weighted by molar-refractivity contribution is -0.116. The van der Waals surface area contributed by atoms with Crippen molar-refractivity contribution in [1.29, 1.82) is 0 Å². The van der Waals surface area contributed by atoms with Gasteiger partial charge in [0, 0.05) is 9.13 Å². The molecule has 0 aliphatic rings. The predicted octanol–water partition coefficient (Wildman–Crippen LogP) is 3.71. The summed E-state index contributed by atoms with van der Waals surface area (Å²) in [5, 5.41) is 0. The van der Waals surface area contributed by atoms with E-state index in [0.717, 1.165) is 14.9 Å². The Kier molecular flexibility index (Phi) is 5.05. The molecule has 15 heavy (non-hydrogen) atoms. The summed E-state index contributed by atoms with van der Waals surface area (Å²) < 4.78 is 6.57. The van der Waals surface area contributed by atoms with Gasteiger partial charge in [0.25, 0.3) is 0 Å². The molecule has 0 spiro atoms. The first kappa shape index (κ1) is 13.0. The van der Waals surface area contributed by atoms with E-state index in [4.69, 9.17) is 4.74 Å². The van der Waals surface area contributed by atoms with E-state index in [1.54, 1.807) is 6.92 Å². The summed E-state index contributed by atoms with van der Waals surface area (Å²) in [7, 11) is 0. The molecule has 0 aromatic heterocycles. The van der Waals surface area contributed by atoms with Crippen LogP contribution in [0.5, 0.6) is 5.75 Å². The van der Waals surface area contributed by atoms with Gasteiger partial charge in [0.1, 0.15) is 16.4 Å². The second kappa shape index (κ2) is 5.84. The lowest BCUT2D eigenvalue weighted by Crippen LogP contribution is -2.05. The third-order valence-corrected chi connectivity index (χ3v) is 3.71. The van der Waals surface area contributed by atoms with Crippen molar-refractivity contribution in [1.82, 2.24) is 0 Å². The van der Waals surface area contributed by atoms with E-state index >= 15 is 0 Å². The Bertz CT molecular complexity index is 366. The molecule has 0 heterocycles.